The fourth-order valence-electron chi connectivity index (χ4n) is 3.03. The number of carbonyl (C=O) groups excluding carboxylic acids is 1. The Hall–Kier alpha value is -2.47. The molecule has 3 rings (SSSR count). The van der Waals surface area contributed by atoms with E-state index in [0.29, 0.717) is 5.56 Å². The second kappa shape index (κ2) is 6.68. The Morgan fingerprint density at radius 3 is 2.46 bits per heavy atom. The van der Waals surface area contributed by atoms with E-state index >= 15 is 4.39 Å². The summed E-state index contributed by atoms with van der Waals surface area (Å²) in [6.07, 6.45) is 0.961. The molecule has 2 aromatic carbocycles. The smallest absolute Gasteiger partial charge is 0.303 e. The number of alkyl halides is 1. The first kappa shape index (κ1) is 18.3. The molecule has 1 heterocycles. The Morgan fingerprint density at radius 1 is 1.19 bits per heavy atom. The van der Waals surface area contributed by atoms with Crippen LogP contribution in [-0.4, -0.2) is 25.5 Å². The second-order valence-corrected chi connectivity index (χ2v) is 8.50. The standard InChI is InChI=1S/C20H19FO4S/c1-14-7-9-16(10-8-14)11-12-19(25-15(2)22)20(21)13-17-5-3-4-6-18(17)26(20,23)24/h3-12,19H,13H2,1-2H3/b12-11+. The molecule has 0 amide bonds. The van der Waals surface area contributed by atoms with Crippen LogP contribution in [0.1, 0.15) is 23.6 Å². The zero-order valence-corrected chi connectivity index (χ0v) is 15.3. The van der Waals surface area contributed by atoms with Crippen molar-refractivity contribution in [2.24, 2.45) is 0 Å². The van der Waals surface area contributed by atoms with Crippen LogP contribution in [0.2, 0.25) is 0 Å². The van der Waals surface area contributed by atoms with E-state index in [0.717, 1.165) is 18.1 Å². The number of rotatable bonds is 4. The van der Waals surface area contributed by atoms with Crippen LogP contribution in [-0.2, 0) is 25.8 Å². The van der Waals surface area contributed by atoms with Gasteiger partial charge in [0.2, 0.25) is 9.84 Å². The molecule has 2 atom stereocenters. The number of ether oxygens (including phenoxy) is 1. The number of hydrogen-bond donors (Lipinski definition) is 0. The van der Waals surface area contributed by atoms with Crippen molar-refractivity contribution in [3.8, 4) is 0 Å². The minimum absolute atomic E-state index is 0.0524. The molecule has 0 bridgehead atoms. The van der Waals surface area contributed by atoms with Crippen LogP contribution in [0, 0.1) is 6.92 Å². The number of sulfone groups is 1. The molecule has 0 aromatic heterocycles. The molecule has 0 aliphatic carbocycles. The third-order valence-corrected chi connectivity index (χ3v) is 6.65. The van der Waals surface area contributed by atoms with Gasteiger partial charge in [-0.1, -0.05) is 54.1 Å². The van der Waals surface area contributed by atoms with Gasteiger partial charge in [-0.3, -0.25) is 4.79 Å². The van der Waals surface area contributed by atoms with Crippen molar-refractivity contribution in [1.82, 2.24) is 0 Å². The highest BCUT2D eigenvalue weighted by Crippen LogP contribution is 2.44. The Labute approximate surface area is 152 Å². The van der Waals surface area contributed by atoms with E-state index < -0.39 is 26.9 Å². The molecule has 2 unspecified atom stereocenters. The highest BCUT2D eigenvalue weighted by molar-refractivity contribution is 7.93. The van der Waals surface area contributed by atoms with E-state index in [1.54, 1.807) is 24.3 Å². The number of fused-ring (bicyclic) bond motifs is 1. The maximum absolute atomic E-state index is 15.8. The van der Waals surface area contributed by atoms with E-state index in [2.05, 4.69) is 0 Å². The van der Waals surface area contributed by atoms with Gasteiger partial charge in [0, 0.05) is 13.3 Å². The summed E-state index contributed by atoms with van der Waals surface area (Å²) in [4.78, 5) is 11.4. The SMILES string of the molecule is CC(=O)OC(/C=C/c1ccc(C)cc1)C1(F)Cc2ccccc2S1(=O)=O. The molecule has 1 aliphatic rings. The summed E-state index contributed by atoms with van der Waals surface area (Å²) in [5.74, 6) is -0.744. The van der Waals surface area contributed by atoms with Crippen LogP contribution in [0.25, 0.3) is 6.08 Å². The van der Waals surface area contributed by atoms with Gasteiger partial charge >= 0.3 is 5.97 Å². The van der Waals surface area contributed by atoms with Crippen LogP contribution >= 0.6 is 0 Å². The summed E-state index contributed by atoms with van der Waals surface area (Å²) in [7, 11) is -4.30. The topological polar surface area (TPSA) is 60.4 Å². The first-order chi connectivity index (χ1) is 12.2. The molecular weight excluding hydrogens is 355 g/mol. The van der Waals surface area contributed by atoms with Crippen LogP contribution in [0.4, 0.5) is 4.39 Å². The zero-order valence-electron chi connectivity index (χ0n) is 14.5. The summed E-state index contributed by atoms with van der Waals surface area (Å²) in [6.45, 7) is 3.07. The van der Waals surface area contributed by atoms with E-state index in [-0.39, 0.29) is 11.3 Å². The minimum atomic E-state index is -4.30. The molecule has 0 N–H and O–H groups in total. The molecular formula is C20H19FO4S. The number of hydrogen-bond acceptors (Lipinski definition) is 4. The average Bonchev–Trinajstić information content (AvgIpc) is 2.80. The largest absolute Gasteiger partial charge is 0.454 e. The molecule has 136 valence electrons. The van der Waals surface area contributed by atoms with Crippen molar-refractivity contribution < 1.29 is 22.3 Å². The van der Waals surface area contributed by atoms with E-state index in [1.807, 2.05) is 31.2 Å². The van der Waals surface area contributed by atoms with Crippen LogP contribution in [0.5, 0.6) is 0 Å². The highest BCUT2D eigenvalue weighted by atomic mass is 32.2. The van der Waals surface area contributed by atoms with Crippen LogP contribution in [0.15, 0.2) is 59.5 Å². The second-order valence-electron chi connectivity index (χ2n) is 6.37. The van der Waals surface area contributed by atoms with Gasteiger partial charge in [0.15, 0.2) is 6.10 Å². The predicted octanol–water partition coefficient (Wildman–Crippen LogP) is 3.64. The van der Waals surface area contributed by atoms with Crippen molar-refractivity contribution in [2.45, 2.75) is 36.3 Å². The van der Waals surface area contributed by atoms with Crippen LogP contribution in [0.3, 0.4) is 0 Å². The van der Waals surface area contributed by atoms with Gasteiger partial charge in [-0.2, -0.15) is 0 Å². The van der Waals surface area contributed by atoms with Crippen molar-refractivity contribution in [3.63, 3.8) is 0 Å². The molecule has 0 saturated heterocycles. The Morgan fingerprint density at radius 2 is 1.85 bits per heavy atom. The van der Waals surface area contributed by atoms with E-state index in [4.69, 9.17) is 4.74 Å². The number of carbonyl (C=O) groups is 1. The Bertz CT molecular complexity index is 964. The third-order valence-electron chi connectivity index (χ3n) is 4.40. The maximum atomic E-state index is 15.8. The molecule has 1 aliphatic heterocycles. The lowest BCUT2D eigenvalue weighted by Crippen LogP contribution is -2.44. The molecule has 0 radical (unpaired) electrons. The lowest BCUT2D eigenvalue weighted by atomic mass is 10.0. The van der Waals surface area contributed by atoms with Gasteiger partial charge in [-0.25, -0.2) is 12.8 Å². The maximum Gasteiger partial charge on any atom is 0.303 e. The Kier molecular flexibility index (Phi) is 4.71. The number of esters is 1. The van der Waals surface area contributed by atoms with Gasteiger partial charge < -0.3 is 4.74 Å². The summed E-state index contributed by atoms with van der Waals surface area (Å²) < 4.78 is 46.4. The first-order valence-electron chi connectivity index (χ1n) is 8.17. The van der Waals surface area contributed by atoms with E-state index in [1.165, 1.54) is 12.1 Å². The normalized spacial score (nSPS) is 22.1. The number of aryl methyl sites for hydroxylation is 1. The molecule has 26 heavy (non-hydrogen) atoms. The molecule has 0 fully saturated rings. The van der Waals surface area contributed by atoms with Crippen molar-refractivity contribution in [1.29, 1.82) is 0 Å². The number of benzene rings is 2. The minimum Gasteiger partial charge on any atom is -0.454 e. The molecule has 0 saturated carbocycles. The molecule has 0 spiro atoms. The van der Waals surface area contributed by atoms with Gasteiger partial charge in [-0.15, -0.1) is 0 Å². The summed E-state index contributed by atoms with van der Waals surface area (Å²) in [6, 6.07) is 13.6. The van der Waals surface area contributed by atoms with Gasteiger partial charge in [0.05, 0.1) is 4.90 Å². The lowest BCUT2D eigenvalue weighted by molar-refractivity contribution is -0.147. The van der Waals surface area contributed by atoms with Crippen molar-refractivity contribution in [3.05, 3.63) is 71.3 Å². The van der Waals surface area contributed by atoms with Crippen molar-refractivity contribution in [2.75, 3.05) is 0 Å². The summed E-state index contributed by atoms with van der Waals surface area (Å²) in [5.41, 5.74) is 2.20. The molecule has 6 heteroatoms. The third kappa shape index (κ3) is 3.17. The number of halogens is 1. The monoisotopic (exact) mass is 374 g/mol. The molecule has 2 aromatic rings. The fourth-order valence-corrected chi connectivity index (χ4v) is 4.92. The highest BCUT2D eigenvalue weighted by Gasteiger charge is 2.58. The van der Waals surface area contributed by atoms with E-state index in [9.17, 15) is 13.2 Å². The quantitative estimate of drug-likeness (QED) is 0.767. The van der Waals surface area contributed by atoms with Gasteiger partial charge in [0.25, 0.3) is 5.00 Å². The van der Waals surface area contributed by atoms with Gasteiger partial charge in [-0.05, 0) is 30.2 Å². The summed E-state index contributed by atoms with van der Waals surface area (Å²) >= 11 is 0. The van der Waals surface area contributed by atoms with Crippen LogP contribution < -0.4 is 0 Å². The zero-order chi connectivity index (χ0) is 18.9. The predicted molar refractivity (Wildman–Crippen MR) is 96.9 cm³/mol. The Balaban J connectivity index is 2.00. The van der Waals surface area contributed by atoms with Crippen molar-refractivity contribution >= 4 is 21.9 Å². The van der Waals surface area contributed by atoms with Gasteiger partial charge in [0.1, 0.15) is 0 Å². The fraction of sp³-hybridized carbons (Fsp3) is 0.250. The molecule has 4 nitrogen and oxygen atoms in total. The summed E-state index contributed by atoms with van der Waals surface area (Å²) in [5, 5.41) is -2.73. The first-order valence-corrected chi connectivity index (χ1v) is 9.66. The lowest BCUT2D eigenvalue weighted by Gasteiger charge is -2.26. The average molecular weight is 374 g/mol.